The zero-order valence-corrected chi connectivity index (χ0v) is 16.0. The number of benzene rings is 2. The van der Waals surface area contributed by atoms with Crippen LogP contribution in [0.5, 0.6) is 0 Å². The zero-order chi connectivity index (χ0) is 18.7. The van der Waals surface area contributed by atoms with Gasteiger partial charge in [-0.05, 0) is 24.6 Å². The van der Waals surface area contributed by atoms with Crippen molar-refractivity contribution in [3.05, 3.63) is 65.0 Å². The fourth-order valence-corrected chi connectivity index (χ4v) is 4.36. The molecule has 0 aliphatic heterocycles. The average Bonchev–Trinajstić information content (AvgIpc) is 3.10. The molecule has 0 saturated carbocycles. The molecule has 0 spiro atoms. The largest absolute Gasteiger partial charge is 0.298 e. The molecule has 0 aliphatic carbocycles. The van der Waals surface area contributed by atoms with Crippen LogP contribution in [0.25, 0.3) is 11.3 Å². The summed E-state index contributed by atoms with van der Waals surface area (Å²) in [6.07, 6.45) is 0. The van der Waals surface area contributed by atoms with Gasteiger partial charge < -0.3 is 0 Å². The highest BCUT2D eigenvalue weighted by molar-refractivity contribution is 7.91. The van der Waals surface area contributed by atoms with E-state index in [9.17, 15) is 13.2 Å². The maximum Gasteiger partial charge on any atom is 0.258 e. The van der Waals surface area contributed by atoms with E-state index in [2.05, 4.69) is 10.3 Å². The number of nitrogens with one attached hydrogen (secondary N) is 1. The molecule has 0 unspecified atom stereocenters. The molecule has 0 fully saturated rings. The summed E-state index contributed by atoms with van der Waals surface area (Å²) in [5, 5.41) is 5.00. The number of amides is 1. The van der Waals surface area contributed by atoms with Crippen molar-refractivity contribution in [3.63, 3.8) is 0 Å². The van der Waals surface area contributed by atoms with Crippen molar-refractivity contribution in [2.24, 2.45) is 0 Å². The molecule has 1 amide bonds. The molecule has 5 nitrogen and oxygen atoms in total. The molecule has 0 radical (unpaired) electrons. The normalized spacial score (nSPS) is 11.3. The first kappa shape index (κ1) is 18.3. The first-order chi connectivity index (χ1) is 12.4. The van der Waals surface area contributed by atoms with Gasteiger partial charge in [0.2, 0.25) is 0 Å². The van der Waals surface area contributed by atoms with Gasteiger partial charge in [0.15, 0.2) is 15.0 Å². The third-order valence-electron chi connectivity index (χ3n) is 3.99. The standard InChI is InChI=1S/C19H18N2O3S2/c1-3-26(23,24)17-11-7-6-10-15(17)18(22)21-19-20-16(12-25-19)14-9-5-4-8-13(14)2/h4-12H,3H2,1-2H3,(H,20,21,22). The van der Waals surface area contributed by atoms with E-state index in [-0.39, 0.29) is 16.2 Å². The smallest absolute Gasteiger partial charge is 0.258 e. The lowest BCUT2D eigenvalue weighted by Gasteiger charge is -2.08. The van der Waals surface area contributed by atoms with E-state index in [0.29, 0.717) is 5.13 Å². The average molecular weight is 386 g/mol. The summed E-state index contributed by atoms with van der Waals surface area (Å²) < 4.78 is 24.4. The number of hydrogen-bond acceptors (Lipinski definition) is 5. The van der Waals surface area contributed by atoms with Gasteiger partial charge in [-0.1, -0.05) is 43.3 Å². The van der Waals surface area contributed by atoms with Crippen LogP contribution in [0.2, 0.25) is 0 Å². The van der Waals surface area contributed by atoms with Crippen molar-refractivity contribution in [2.75, 3.05) is 11.1 Å². The molecule has 0 aliphatic rings. The van der Waals surface area contributed by atoms with Crippen molar-refractivity contribution in [1.82, 2.24) is 4.98 Å². The van der Waals surface area contributed by atoms with Gasteiger partial charge in [-0.25, -0.2) is 13.4 Å². The van der Waals surface area contributed by atoms with Gasteiger partial charge in [0.1, 0.15) is 0 Å². The van der Waals surface area contributed by atoms with Crippen molar-refractivity contribution in [2.45, 2.75) is 18.7 Å². The van der Waals surface area contributed by atoms with Gasteiger partial charge >= 0.3 is 0 Å². The van der Waals surface area contributed by atoms with Crippen molar-refractivity contribution < 1.29 is 13.2 Å². The SMILES string of the molecule is CCS(=O)(=O)c1ccccc1C(=O)Nc1nc(-c2ccccc2C)cs1. The molecule has 134 valence electrons. The Morgan fingerprint density at radius 3 is 2.54 bits per heavy atom. The fraction of sp³-hybridized carbons (Fsp3) is 0.158. The minimum atomic E-state index is -3.49. The molecule has 3 rings (SSSR count). The highest BCUT2D eigenvalue weighted by atomic mass is 32.2. The lowest BCUT2D eigenvalue weighted by atomic mass is 10.1. The Morgan fingerprint density at radius 2 is 1.81 bits per heavy atom. The number of hydrogen-bond donors (Lipinski definition) is 1. The quantitative estimate of drug-likeness (QED) is 0.714. The number of carbonyl (C=O) groups is 1. The maximum absolute atomic E-state index is 12.6. The van der Waals surface area contributed by atoms with Crippen LogP contribution in [0.3, 0.4) is 0 Å². The fourth-order valence-electron chi connectivity index (χ4n) is 2.56. The van der Waals surface area contributed by atoms with Crippen LogP contribution in [0.4, 0.5) is 5.13 Å². The van der Waals surface area contributed by atoms with Crippen LogP contribution >= 0.6 is 11.3 Å². The lowest BCUT2D eigenvalue weighted by Crippen LogP contribution is -2.17. The Kier molecular flexibility index (Phi) is 5.20. The number of sulfone groups is 1. The number of thiazole rings is 1. The third kappa shape index (κ3) is 3.68. The minimum absolute atomic E-state index is 0.0377. The topological polar surface area (TPSA) is 76.1 Å². The summed E-state index contributed by atoms with van der Waals surface area (Å²) in [4.78, 5) is 17.1. The monoisotopic (exact) mass is 386 g/mol. The highest BCUT2D eigenvalue weighted by Crippen LogP contribution is 2.28. The van der Waals surface area contributed by atoms with Gasteiger partial charge in [-0.3, -0.25) is 10.1 Å². The molecule has 3 aromatic rings. The maximum atomic E-state index is 12.6. The summed E-state index contributed by atoms with van der Waals surface area (Å²) in [6, 6.07) is 14.1. The predicted molar refractivity (Wildman–Crippen MR) is 104 cm³/mol. The molecular formula is C19H18N2O3S2. The number of nitrogens with zero attached hydrogens (tertiary/aromatic N) is 1. The van der Waals surface area contributed by atoms with Crippen molar-refractivity contribution >= 4 is 32.2 Å². The van der Waals surface area contributed by atoms with Gasteiger partial charge in [0.05, 0.1) is 21.9 Å². The zero-order valence-electron chi connectivity index (χ0n) is 14.4. The first-order valence-electron chi connectivity index (χ1n) is 8.07. The number of carbonyl (C=O) groups excluding carboxylic acids is 1. The molecule has 1 aromatic heterocycles. The Morgan fingerprint density at radius 1 is 1.12 bits per heavy atom. The van der Waals surface area contributed by atoms with Gasteiger partial charge in [0, 0.05) is 10.9 Å². The summed E-state index contributed by atoms with van der Waals surface area (Å²) in [5.41, 5.74) is 2.99. The van der Waals surface area contributed by atoms with Crippen LogP contribution in [0.15, 0.2) is 58.8 Å². The molecule has 0 saturated heterocycles. The predicted octanol–water partition coefficient (Wildman–Crippen LogP) is 4.16. The first-order valence-corrected chi connectivity index (χ1v) is 10.6. The summed E-state index contributed by atoms with van der Waals surface area (Å²) in [7, 11) is -3.49. The molecule has 2 aromatic carbocycles. The Hall–Kier alpha value is -2.51. The van der Waals surface area contributed by atoms with Gasteiger partial charge in [-0.2, -0.15) is 0 Å². The van der Waals surface area contributed by atoms with Crippen molar-refractivity contribution in [1.29, 1.82) is 0 Å². The Balaban J connectivity index is 1.88. The molecule has 1 N–H and O–H groups in total. The van der Waals surface area contributed by atoms with Crippen LogP contribution in [0.1, 0.15) is 22.8 Å². The second kappa shape index (κ2) is 7.39. The molecule has 26 heavy (non-hydrogen) atoms. The van der Waals surface area contributed by atoms with Gasteiger partial charge in [-0.15, -0.1) is 11.3 Å². The summed E-state index contributed by atoms with van der Waals surface area (Å²) >= 11 is 1.30. The minimum Gasteiger partial charge on any atom is -0.298 e. The third-order valence-corrected chi connectivity index (χ3v) is 6.54. The number of aryl methyl sites for hydroxylation is 1. The summed E-state index contributed by atoms with van der Waals surface area (Å²) in [5.74, 6) is -0.547. The lowest BCUT2D eigenvalue weighted by molar-refractivity contribution is 0.102. The second-order valence-electron chi connectivity index (χ2n) is 5.71. The van der Waals surface area contributed by atoms with E-state index in [4.69, 9.17) is 0 Å². The van der Waals surface area contributed by atoms with E-state index >= 15 is 0 Å². The van der Waals surface area contributed by atoms with E-state index < -0.39 is 15.7 Å². The summed E-state index contributed by atoms with van der Waals surface area (Å²) in [6.45, 7) is 3.55. The number of rotatable bonds is 5. The van der Waals surface area contributed by atoms with Crippen LogP contribution < -0.4 is 5.32 Å². The number of anilines is 1. The molecule has 1 heterocycles. The Labute approximate surface area is 156 Å². The highest BCUT2D eigenvalue weighted by Gasteiger charge is 2.21. The van der Waals surface area contributed by atoms with E-state index in [0.717, 1.165) is 16.8 Å². The van der Waals surface area contributed by atoms with Crippen LogP contribution in [-0.2, 0) is 9.84 Å². The van der Waals surface area contributed by atoms with E-state index in [1.807, 2.05) is 36.6 Å². The van der Waals surface area contributed by atoms with Crippen molar-refractivity contribution in [3.8, 4) is 11.3 Å². The number of aromatic nitrogens is 1. The van der Waals surface area contributed by atoms with Crippen LogP contribution in [0, 0.1) is 6.92 Å². The van der Waals surface area contributed by atoms with E-state index in [1.165, 1.54) is 23.5 Å². The second-order valence-corrected chi connectivity index (χ2v) is 8.81. The molecule has 0 bridgehead atoms. The molecular weight excluding hydrogens is 368 g/mol. The van der Waals surface area contributed by atoms with Gasteiger partial charge in [0.25, 0.3) is 5.91 Å². The van der Waals surface area contributed by atoms with E-state index in [1.54, 1.807) is 19.1 Å². The Bertz CT molecular complexity index is 1060. The molecule has 7 heteroatoms. The van der Waals surface area contributed by atoms with Crippen LogP contribution in [-0.4, -0.2) is 25.1 Å². The molecule has 0 atom stereocenters.